The smallest absolute Gasteiger partial charge is 0.262 e. The molecule has 0 saturated carbocycles. The van der Waals surface area contributed by atoms with Gasteiger partial charge in [-0.1, -0.05) is 36.4 Å². The molecule has 0 unspecified atom stereocenters. The summed E-state index contributed by atoms with van der Waals surface area (Å²) in [5.41, 5.74) is 1.53. The van der Waals surface area contributed by atoms with Crippen LogP contribution in [0.25, 0.3) is 6.08 Å². The largest absolute Gasteiger partial charge is 0.493 e. The first-order valence-corrected chi connectivity index (χ1v) is 8.24. The number of ether oxygens (including phenoxy) is 2. The Morgan fingerprint density at radius 2 is 1.93 bits per heavy atom. The standard InChI is InChI=1S/C21H19N3O3/c1-15(17-6-4-3-5-7-17)24-21(25)18(14-23)12-16-8-9-19(27-11-10-22)20(13-16)26-2/h3-9,12-13,15H,11H2,1-2H3,(H,24,25)/b18-12+/t15-/m1/s1. The fourth-order valence-corrected chi connectivity index (χ4v) is 2.42. The zero-order chi connectivity index (χ0) is 19.6. The van der Waals surface area contributed by atoms with Crippen molar-refractivity contribution in [2.75, 3.05) is 13.7 Å². The molecule has 0 aliphatic carbocycles. The van der Waals surface area contributed by atoms with E-state index in [1.165, 1.54) is 13.2 Å². The minimum absolute atomic E-state index is 0.0227. The minimum atomic E-state index is -0.461. The summed E-state index contributed by atoms with van der Waals surface area (Å²) in [6.07, 6.45) is 1.48. The molecule has 1 amide bonds. The highest BCUT2D eigenvalue weighted by molar-refractivity contribution is 6.01. The van der Waals surface area contributed by atoms with Crippen LogP contribution in [0.4, 0.5) is 0 Å². The van der Waals surface area contributed by atoms with Gasteiger partial charge in [0, 0.05) is 0 Å². The Kier molecular flexibility index (Phi) is 6.99. The van der Waals surface area contributed by atoms with Gasteiger partial charge >= 0.3 is 0 Å². The van der Waals surface area contributed by atoms with E-state index < -0.39 is 5.91 Å². The molecule has 6 nitrogen and oxygen atoms in total. The summed E-state index contributed by atoms with van der Waals surface area (Å²) < 4.78 is 10.5. The third-order valence-corrected chi connectivity index (χ3v) is 3.80. The third-order valence-electron chi connectivity index (χ3n) is 3.80. The van der Waals surface area contributed by atoms with Crippen LogP contribution in [0.15, 0.2) is 54.1 Å². The number of hydrogen-bond donors (Lipinski definition) is 1. The summed E-state index contributed by atoms with van der Waals surface area (Å²) in [4.78, 5) is 12.4. The van der Waals surface area contributed by atoms with Gasteiger partial charge in [0.2, 0.25) is 0 Å². The summed E-state index contributed by atoms with van der Waals surface area (Å²) >= 11 is 0. The van der Waals surface area contributed by atoms with Gasteiger partial charge in [0.15, 0.2) is 18.1 Å². The van der Waals surface area contributed by atoms with E-state index in [0.29, 0.717) is 17.1 Å². The lowest BCUT2D eigenvalue weighted by Crippen LogP contribution is -2.27. The highest BCUT2D eigenvalue weighted by Crippen LogP contribution is 2.29. The molecule has 0 bridgehead atoms. The van der Waals surface area contributed by atoms with Crippen LogP contribution in [0.1, 0.15) is 24.1 Å². The van der Waals surface area contributed by atoms with Crippen LogP contribution >= 0.6 is 0 Å². The molecule has 2 aromatic rings. The van der Waals surface area contributed by atoms with E-state index in [4.69, 9.17) is 14.7 Å². The second-order valence-electron chi connectivity index (χ2n) is 5.63. The summed E-state index contributed by atoms with van der Waals surface area (Å²) in [6, 6.07) is 18.0. The first kappa shape index (κ1) is 19.6. The van der Waals surface area contributed by atoms with E-state index in [9.17, 15) is 10.1 Å². The molecule has 2 rings (SSSR count). The second kappa shape index (κ2) is 9.65. The van der Waals surface area contributed by atoms with Crippen molar-refractivity contribution in [3.63, 3.8) is 0 Å². The molecule has 0 heterocycles. The molecule has 6 heteroatoms. The van der Waals surface area contributed by atoms with Crippen molar-refractivity contribution in [1.29, 1.82) is 10.5 Å². The number of nitrogens with one attached hydrogen (secondary N) is 1. The van der Waals surface area contributed by atoms with Crippen molar-refractivity contribution in [3.8, 4) is 23.6 Å². The number of carbonyl (C=O) groups is 1. The lowest BCUT2D eigenvalue weighted by molar-refractivity contribution is -0.117. The maximum absolute atomic E-state index is 12.4. The molecule has 1 atom stereocenters. The third kappa shape index (κ3) is 5.35. The second-order valence-corrected chi connectivity index (χ2v) is 5.63. The predicted molar refractivity (Wildman–Crippen MR) is 101 cm³/mol. The van der Waals surface area contributed by atoms with Gasteiger partial charge in [0.1, 0.15) is 17.7 Å². The number of rotatable bonds is 7. The number of amides is 1. The van der Waals surface area contributed by atoms with Gasteiger partial charge in [-0.2, -0.15) is 10.5 Å². The summed E-state index contributed by atoms with van der Waals surface area (Å²) in [5, 5.41) is 20.8. The molecule has 1 N–H and O–H groups in total. The zero-order valence-corrected chi connectivity index (χ0v) is 15.1. The van der Waals surface area contributed by atoms with E-state index >= 15 is 0 Å². The van der Waals surface area contributed by atoms with Crippen molar-refractivity contribution < 1.29 is 14.3 Å². The van der Waals surface area contributed by atoms with Crippen LogP contribution < -0.4 is 14.8 Å². The SMILES string of the molecule is COc1cc(/C=C(\C#N)C(=O)N[C@H](C)c2ccccc2)ccc1OCC#N. The summed E-state index contributed by atoms with van der Waals surface area (Å²) in [7, 11) is 1.47. The Morgan fingerprint density at radius 1 is 1.19 bits per heavy atom. The van der Waals surface area contributed by atoms with E-state index in [0.717, 1.165) is 5.56 Å². The van der Waals surface area contributed by atoms with Crippen LogP contribution in [0, 0.1) is 22.7 Å². The van der Waals surface area contributed by atoms with Gasteiger partial charge in [0.05, 0.1) is 13.2 Å². The quantitative estimate of drug-likeness (QED) is 0.602. The molecule has 2 aromatic carbocycles. The van der Waals surface area contributed by atoms with Crippen molar-refractivity contribution in [2.45, 2.75) is 13.0 Å². The first-order valence-electron chi connectivity index (χ1n) is 8.24. The molecular weight excluding hydrogens is 342 g/mol. The number of hydrogen-bond acceptors (Lipinski definition) is 5. The summed E-state index contributed by atoms with van der Waals surface area (Å²) in [6.45, 7) is 1.75. The van der Waals surface area contributed by atoms with E-state index in [1.54, 1.807) is 18.2 Å². The van der Waals surface area contributed by atoms with Crippen LogP contribution in [-0.2, 0) is 4.79 Å². The van der Waals surface area contributed by atoms with Crippen molar-refractivity contribution in [2.24, 2.45) is 0 Å². The van der Waals surface area contributed by atoms with Crippen molar-refractivity contribution in [3.05, 3.63) is 65.2 Å². The molecule has 0 radical (unpaired) electrons. The van der Waals surface area contributed by atoms with E-state index in [1.807, 2.05) is 49.4 Å². The lowest BCUT2D eigenvalue weighted by atomic mass is 10.1. The first-order chi connectivity index (χ1) is 13.1. The molecule has 27 heavy (non-hydrogen) atoms. The van der Waals surface area contributed by atoms with E-state index in [2.05, 4.69) is 5.32 Å². The molecule has 0 aliphatic heterocycles. The predicted octanol–water partition coefficient (Wildman–Crippen LogP) is 3.38. The fourth-order valence-electron chi connectivity index (χ4n) is 2.42. The van der Waals surface area contributed by atoms with Gasteiger partial charge in [-0.3, -0.25) is 4.79 Å². The van der Waals surface area contributed by atoms with E-state index in [-0.39, 0.29) is 18.2 Å². The lowest BCUT2D eigenvalue weighted by Gasteiger charge is -2.14. The molecule has 0 aromatic heterocycles. The average Bonchev–Trinajstić information content (AvgIpc) is 2.71. The molecular formula is C21H19N3O3. The highest BCUT2D eigenvalue weighted by atomic mass is 16.5. The van der Waals surface area contributed by atoms with Crippen LogP contribution in [0.5, 0.6) is 11.5 Å². The Bertz CT molecular complexity index is 909. The van der Waals surface area contributed by atoms with Crippen LogP contribution in [0.3, 0.4) is 0 Å². The van der Waals surface area contributed by atoms with Gasteiger partial charge in [-0.05, 0) is 36.3 Å². The minimum Gasteiger partial charge on any atom is -0.493 e. The molecule has 0 aliphatic rings. The van der Waals surface area contributed by atoms with Crippen LogP contribution in [0.2, 0.25) is 0 Å². The molecule has 136 valence electrons. The number of carbonyl (C=O) groups excluding carboxylic acids is 1. The zero-order valence-electron chi connectivity index (χ0n) is 15.1. The van der Waals surface area contributed by atoms with Gasteiger partial charge in [-0.15, -0.1) is 0 Å². The highest BCUT2D eigenvalue weighted by Gasteiger charge is 2.14. The Morgan fingerprint density at radius 3 is 2.56 bits per heavy atom. The van der Waals surface area contributed by atoms with Gasteiger partial charge < -0.3 is 14.8 Å². The number of methoxy groups -OCH3 is 1. The topological polar surface area (TPSA) is 95.1 Å². The van der Waals surface area contributed by atoms with Gasteiger partial charge in [0.25, 0.3) is 5.91 Å². The Balaban J connectivity index is 2.18. The maximum Gasteiger partial charge on any atom is 0.262 e. The normalized spacial score (nSPS) is 11.6. The number of nitrogens with zero attached hydrogens (tertiary/aromatic N) is 2. The van der Waals surface area contributed by atoms with Crippen LogP contribution in [-0.4, -0.2) is 19.6 Å². The summed E-state index contributed by atoms with van der Waals surface area (Å²) in [5.74, 6) is 0.365. The van der Waals surface area contributed by atoms with Crippen molar-refractivity contribution >= 4 is 12.0 Å². The Labute approximate surface area is 158 Å². The van der Waals surface area contributed by atoms with Gasteiger partial charge in [-0.25, -0.2) is 0 Å². The van der Waals surface area contributed by atoms with Crippen molar-refractivity contribution in [1.82, 2.24) is 5.32 Å². The Hall–Kier alpha value is -3.77. The fraction of sp³-hybridized carbons (Fsp3) is 0.190. The average molecular weight is 361 g/mol. The monoisotopic (exact) mass is 361 g/mol. The number of benzene rings is 2. The molecule has 0 fully saturated rings. The molecule has 0 spiro atoms. The molecule has 0 saturated heterocycles. The number of nitriles is 2. The maximum atomic E-state index is 12.4.